The highest BCUT2D eigenvalue weighted by atomic mass is 127. The van der Waals surface area contributed by atoms with Crippen LogP contribution >= 0.6 is 35.3 Å². The van der Waals surface area contributed by atoms with Crippen LogP contribution in [0.2, 0.25) is 0 Å². The second kappa shape index (κ2) is 13.3. The highest BCUT2D eigenvalue weighted by molar-refractivity contribution is 14.0. The van der Waals surface area contributed by atoms with Gasteiger partial charge in [-0.15, -0.1) is 35.3 Å². The molecule has 0 aliphatic rings. The minimum absolute atomic E-state index is 0. The van der Waals surface area contributed by atoms with Crippen LogP contribution in [0.25, 0.3) is 0 Å². The molecule has 0 spiro atoms. The van der Waals surface area contributed by atoms with Gasteiger partial charge in [0.2, 0.25) is 0 Å². The lowest BCUT2D eigenvalue weighted by Gasteiger charge is -2.11. The normalized spacial score (nSPS) is 11.3. The van der Waals surface area contributed by atoms with E-state index in [9.17, 15) is 0 Å². The number of halogens is 1. The van der Waals surface area contributed by atoms with Crippen molar-refractivity contribution in [3.05, 3.63) is 22.4 Å². The van der Waals surface area contributed by atoms with Gasteiger partial charge in [0.1, 0.15) is 0 Å². The Morgan fingerprint density at radius 3 is 2.81 bits per heavy atom. The van der Waals surface area contributed by atoms with E-state index in [-0.39, 0.29) is 24.0 Å². The summed E-state index contributed by atoms with van der Waals surface area (Å²) in [4.78, 5) is 5.95. The number of ether oxygens (including phenoxy) is 1. The van der Waals surface area contributed by atoms with Crippen LogP contribution < -0.4 is 10.6 Å². The molecule has 0 aliphatic carbocycles. The summed E-state index contributed by atoms with van der Waals surface area (Å²) in [5.41, 5.74) is 0. The van der Waals surface area contributed by atoms with Gasteiger partial charge >= 0.3 is 0 Å². The van der Waals surface area contributed by atoms with Crippen LogP contribution in [0.4, 0.5) is 0 Å². The molecular weight excluding hydrogens is 397 g/mol. The van der Waals surface area contributed by atoms with Gasteiger partial charge in [0.15, 0.2) is 5.96 Å². The second-order valence-electron chi connectivity index (χ2n) is 4.79. The maximum absolute atomic E-state index is 5.51. The molecule has 0 saturated heterocycles. The predicted molar refractivity (Wildman–Crippen MR) is 103 cm³/mol. The van der Waals surface area contributed by atoms with E-state index in [0.29, 0.717) is 6.10 Å². The molecule has 1 aromatic heterocycles. The maximum Gasteiger partial charge on any atom is 0.191 e. The summed E-state index contributed by atoms with van der Waals surface area (Å²) in [7, 11) is 0. The minimum atomic E-state index is 0. The van der Waals surface area contributed by atoms with Crippen LogP contribution in [0, 0.1) is 0 Å². The zero-order valence-corrected chi connectivity index (χ0v) is 16.4. The molecular formula is C15H28IN3OS. The number of hydrogen-bond acceptors (Lipinski definition) is 3. The van der Waals surface area contributed by atoms with Crippen molar-refractivity contribution < 1.29 is 4.74 Å². The molecule has 0 fully saturated rings. The first-order valence-corrected chi connectivity index (χ1v) is 8.26. The molecule has 1 heterocycles. The quantitative estimate of drug-likeness (QED) is 0.276. The average molecular weight is 425 g/mol. The first-order valence-electron chi connectivity index (χ1n) is 7.38. The van der Waals surface area contributed by atoms with E-state index in [1.807, 2.05) is 0 Å². The van der Waals surface area contributed by atoms with Crippen LogP contribution in [-0.2, 0) is 11.2 Å². The number of thiophene rings is 1. The summed E-state index contributed by atoms with van der Waals surface area (Å²) in [5.74, 6) is 0.897. The van der Waals surface area contributed by atoms with Gasteiger partial charge in [-0.1, -0.05) is 6.07 Å². The van der Waals surface area contributed by atoms with E-state index < -0.39 is 0 Å². The van der Waals surface area contributed by atoms with Gasteiger partial charge in [-0.3, -0.25) is 4.99 Å². The van der Waals surface area contributed by atoms with Gasteiger partial charge in [-0.2, -0.15) is 0 Å². The molecule has 122 valence electrons. The Hall–Kier alpha value is -0.340. The minimum Gasteiger partial charge on any atom is -0.379 e. The zero-order chi connectivity index (χ0) is 14.6. The van der Waals surface area contributed by atoms with E-state index >= 15 is 0 Å². The summed E-state index contributed by atoms with van der Waals surface area (Å²) < 4.78 is 5.51. The third kappa shape index (κ3) is 11.0. The van der Waals surface area contributed by atoms with Crippen molar-refractivity contribution >= 4 is 41.3 Å². The van der Waals surface area contributed by atoms with Gasteiger partial charge in [0.05, 0.1) is 6.10 Å². The van der Waals surface area contributed by atoms with Gasteiger partial charge in [-0.25, -0.2) is 0 Å². The summed E-state index contributed by atoms with van der Waals surface area (Å²) >= 11 is 1.80. The molecule has 0 amide bonds. The molecule has 0 unspecified atom stereocenters. The largest absolute Gasteiger partial charge is 0.379 e. The lowest BCUT2D eigenvalue weighted by Crippen LogP contribution is -2.38. The summed E-state index contributed by atoms with van der Waals surface area (Å²) in [6.07, 6.45) is 2.30. The predicted octanol–water partition coefficient (Wildman–Crippen LogP) is 3.28. The molecule has 2 N–H and O–H groups in total. The average Bonchev–Trinajstić information content (AvgIpc) is 2.91. The molecule has 0 aromatic carbocycles. The van der Waals surface area contributed by atoms with Crippen molar-refractivity contribution in [1.29, 1.82) is 0 Å². The monoisotopic (exact) mass is 425 g/mol. The van der Waals surface area contributed by atoms with E-state index in [2.05, 4.69) is 53.9 Å². The summed E-state index contributed by atoms with van der Waals surface area (Å²) in [5, 5.41) is 8.74. The van der Waals surface area contributed by atoms with Crippen molar-refractivity contribution in [2.24, 2.45) is 4.99 Å². The molecule has 0 atom stereocenters. The number of aliphatic imine (C=N–C) groups is 1. The van der Waals surface area contributed by atoms with Crippen LogP contribution in [0.5, 0.6) is 0 Å². The van der Waals surface area contributed by atoms with Crippen LogP contribution in [0.15, 0.2) is 22.5 Å². The fourth-order valence-electron chi connectivity index (χ4n) is 1.68. The van der Waals surface area contributed by atoms with Crippen LogP contribution in [-0.4, -0.2) is 38.3 Å². The topological polar surface area (TPSA) is 45.7 Å². The third-order valence-corrected chi connectivity index (χ3v) is 3.55. The van der Waals surface area contributed by atoms with E-state index in [0.717, 1.165) is 45.0 Å². The van der Waals surface area contributed by atoms with Crippen LogP contribution in [0.1, 0.15) is 32.1 Å². The van der Waals surface area contributed by atoms with Gasteiger partial charge in [-0.05, 0) is 45.1 Å². The number of nitrogens with one attached hydrogen (secondary N) is 2. The van der Waals surface area contributed by atoms with Gasteiger partial charge < -0.3 is 15.4 Å². The van der Waals surface area contributed by atoms with Crippen molar-refractivity contribution in [3.63, 3.8) is 0 Å². The lowest BCUT2D eigenvalue weighted by molar-refractivity contribution is 0.0782. The Kier molecular flexibility index (Phi) is 13.1. The maximum atomic E-state index is 5.51. The molecule has 0 radical (unpaired) electrons. The Labute approximate surface area is 149 Å². The van der Waals surface area contributed by atoms with E-state index in [1.54, 1.807) is 11.3 Å². The molecule has 0 aliphatic heterocycles. The molecule has 1 rings (SSSR count). The van der Waals surface area contributed by atoms with Crippen molar-refractivity contribution in [2.45, 2.75) is 39.7 Å². The van der Waals surface area contributed by atoms with E-state index in [1.165, 1.54) is 4.88 Å². The molecule has 0 saturated carbocycles. The standard InChI is InChI=1S/C15H27N3OS.HI/c1-4-16-15(17-9-6-11-19-13(2)3)18-10-8-14-7-5-12-20-14;/h5,7,12-13H,4,6,8-11H2,1-3H3,(H2,16,17,18);1H. The molecule has 21 heavy (non-hydrogen) atoms. The first-order chi connectivity index (χ1) is 9.72. The summed E-state index contributed by atoms with van der Waals surface area (Å²) in [6.45, 7) is 9.55. The summed E-state index contributed by atoms with van der Waals surface area (Å²) in [6, 6.07) is 4.26. The highest BCUT2D eigenvalue weighted by Crippen LogP contribution is 2.07. The molecule has 1 aromatic rings. The Morgan fingerprint density at radius 1 is 1.38 bits per heavy atom. The number of nitrogens with zero attached hydrogens (tertiary/aromatic N) is 1. The van der Waals surface area contributed by atoms with Gasteiger partial charge in [0, 0.05) is 31.1 Å². The highest BCUT2D eigenvalue weighted by Gasteiger charge is 1.98. The van der Waals surface area contributed by atoms with Crippen molar-refractivity contribution in [2.75, 3.05) is 26.2 Å². The van der Waals surface area contributed by atoms with Crippen molar-refractivity contribution in [3.8, 4) is 0 Å². The Morgan fingerprint density at radius 2 is 2.19 bits per heavy atom. The Bertz CT molecular complexity index is 369. The zero-order valence-electron chi connectivity index (χ0n) is 13.2. The third-order valence-electron chi connectivity index (χ3n) is 2.61. The lowest BCUT2D eigenvalue weighted by atomic mass is 10.3. The fourth-order valence-corrected chi connectivity index (χ4v) is 2.38. The first kappa shape index (κ1) is 20.7. The van der Waals surface area contributed by atoms with Crippen molar-refractivity contribution in [1.82, 2.24) is 10.6 Å². The van der Waals surface area contributed by atoms with E-state index in [4.69, 9.17) is 4.74 Å². The Balaban J connectivity index is 0.00000400. The smallest absolute Gasteiger partial charge is 0.191 e. The number of rotatable bonds is 9. The number of guanidine groups is 1. The molecule has 0 bridgehead atoms. The molecule has 4 nitrogen and oxygen atoms in total. The van der Waals surface area contributed by atoms with Gasteiger partial charge in [0.25, 0.3) is 0 Å². The fraction of sp³-hybridized carbons (Fsp3) is 0.667. The van der Waals surface area contributed by atoms with Crippen LogP contribution in [0.3, 0.4) is 0 Å². The molecule has 6 heteroatoms. The SMILES string of the molecule is CCNC(=NCCCOC(C)C)NCCc1cccs1.I. The second-order valence-corrected chi connectivity index (χ2v) is 5.82. The number of hydrogen-bond donors (Lipinski definition) is 2.